The molecule has 1 aromatic rings. The monoisotopic (exact) mass is 297 g/mol. The van der Waals surface area contributed by atoms with Crippen molar-refractivity contribution in [1.82, 2.24) is 5.32 Å². The molecule has 1 saturated heterocycles. The fourth-order valence-electron chi connectivity index (χ4n) is 2.72. The first kappa shape index (κ1) is 15.2. The third kappa shape index (κ3) is 4.40. The average Bonchev–Trinajstić information content (AvgIpc) is 2.43. The molecule has 0 aromatic heterocycles. The Morgan fingerprint density at radius 3 is 2.74 bits per heavy atom. The van der Waals surface area contributed by atoms with Gasteiger partial charge in [-0.3, -0.25) is 0 Å². The second kappa shape index (κ2) is 7.56. The van der Waals surface area contributed by atoms with Crippen molar-refractivity contribution in [3.05, 3.63) is 34.3 Å². The van der Waals surface area contributed by atoms with E-state index in [4.69, 9.17) is 11.6 Å². The lowest BCUT2D eigenvalue weighted by Gasteiger charge is -2.27. The van der Waals surface area contributed by atoms with E-state index < -0.39 is 0 Å². The number of halogens is 1. The summed E-state index contributed by atoms with van der Waals surface area (Å²) in [5.74, 6) is 3.53. The molecular formula is C16H24ClNS. The Kier molecular flexibility index (Phi) is 6.06. The summed E-state index contributed by atoms with van der Waals surface area (Å²) in [7, 11) is 0. The molecule has 0 radical (unpaired) electrons. The van der Waals surface area contributed by atoms with Crippen molar-refractivity contribution >= 4 is 23.4 Å². The molecule has 1 aliphatic heterocycles. The standard InChI is InChI=1S/C16H24ClNS/c1-3-18-16(10-13-6-8-19-9-7-13)14-5-4-12(2)15(17)11-14/h4-5,11,13,16,18H,3,6-10H2,1-2H3. The summed E-state index contributed by atoms with van der Waals surface area (Å²) in [5.41, 5.74) is 2.51. The Bertz CT molecular complexity index is 402. The zero-order valence-electron chi connectivity index (χ0n) is 11.9. The Hall–Kier alpha value is -0.180. The van der Waals surface area contributed by atoms with Crippen LogP contribution in [-0.2, 0) is 0 Å². The van der Waals surface area contributed by atoms with E-state index in [2.05, 4.69) is 49.1 Å². The van der Waals surface area contributed by atoms with Crippen LogP contribution in [0.3, 0.4) is 0 Å². The predicted molar refractivity (Wildman–Crippen MR) is 87.3 cm³/mol. The molecule has 19 heavy (non-hydrogen) atoms. The Morgan fingerprint density at radius 2 is 2.11 bits per heavy atom. The molecule has 1 nitrogen and oxygen atoms in total. The van der Waals surface area contributed by atoms with Crippen LogP contribution in [0, 0.1) is 12.8 Å². The molecule has 0 amide bonds. The Labute approximate surface area is 126 Å². The van der Waals surface area contributed by atoms with Gasteiger partial charge in [0.1, 0.15) is 0 Å². The molecule has 1 heterocycles. The molecule has 1 fully saturated rings. The van der Waals surface area contributed by atoms with Gasteiger partial charge in [0.2, 0.25) is 0 Å². The van der Waals surface area contributed by atoms with Gasteiger partial charge in [-0.05, 0) is 67.3 Å². The predicted octanol–water partition coefficient (Wildman–Crippen LogP) is 4.83. The SMILES string of the molecule is CCNC(CC1CCSCC1)c1ccc(C)c(Cl)c1. The lowest BCUT2D eigenvalue weighted by molar-refractivity contribution is 0.374. The highest BCUT2D eigenvalue weighted by Gasteiger charge is 2.20. The summed E-state index contributed by atoms with van der Waals surface area (Å²) in [6.45, 7) is 5.25. The first-order valence-corrected chi connectivity index (χ1v) is 8.81. The van der Waals surface area contributed by atoms with Crippen molar-refractivity contribution in [3.63, 3.8) is 0 Å². The van der Waals surface area contributed by atoms with Crippen LogP contribution in [-0.4, -0.2) is 18.1 Å². The second-order valence-corrected chi connectivity index (χ2v) is 7.04. The Balaban J connectivity index is 2.07. The van der Waals surface area contributed by atoms with Crippen LogP contribution in [0.25, 0.3) is 0 Å². The zero-order chi connectivity index (χ0) is 13.7. The smallest absolute Gasteiger partial charge is 0.0438 e. The van der Waals surface area contributed by atoms with E-state index in [9.17, 15) is 0 Å². The Morgan fingerprint density at radius 1 is 1.37 bits per heavy atom. The van der Waals surface area contributed by atoms with Crippen LogP contribution >= 0.6 is 23.4 Å². The summed E-state index contributed by atoms with van der Waals surface area (Å²) >= 11 is 8.37. The minimum atomic E-state index is 0.455. The zero-order valence-corrected chi connectivity index (χ0v) is 13.5. The topological polar surface area (TPSA) is 12.0 Å². The van der Waals surface area contributed by atoms with E-state index >= 15 is 0 Å². The van der Waals surface area contributed by atoms with Gasteiger partial charge in [0.15, 0.2) is 0 Å². The van der Waals surface area contributed by atoms with Crippen molar-refractivity contribution in [2.75, 3.05) is 18.1 Å². The molecule has 106 valence electrons. The summed E-state index contributed by atoms with van der Waals surface area (Å²) in [5, 5.41) is 4.52. The molecule has 0 bridgehead atoms. The molecule has 2 rings (SSSR count). The lowest BCUT2D eigenvalue weighted by Crippen LogP contribution is -2.25. The first-order chi connectivity index (χ1) is 9.20. The van der Waals surface area contributed by atoms with E-state index in [1.807, 2.05) is 0 Å². The maximum atomic E-state index is 6.27. The maximum absolute atomic E-state index is 6.27. The van der Waals surface area contributed by atoms with Crippen LogP contribution in [0.1, 0.15) is 43.4 Å². The number of aryl methyl sites for hydroxylation is 1. The molecule has 3 heteroatoms. The normalized spacial score (nSPS) is 18.5. The van der Waals surface area contributed by atoms with E-state index in [1.54, 1.807) is 0 Å². The van der Waals surface area contributed by atoms with Gasteiger partial charge in [-0.1, -0.05) is 30.7 Å². The summed E-state index contributed by atoms with van der Waals surface area (Å²) in [6, 6.07) is 6.96. The van der Waals surface area contributed by atoms with Crippen LogP contribution in [0.5, 0.6) is 0 Å². The van der Waals surface area contributed by atoms with Gasteiger partial charge in [0, 0.05) is 11.1 Å². The van der Waals surface area contributed by atoms with Gasteiger partial charge in [-0.25, -0.2) is 0 Å². The van der Waals surface area contributed by atoms with Gasteiger partial charge >= 0.3 is 0 Å². The number of nitrogens with one attached hydrogen (secondary N) is 1. The number of hydrogen-bond acceptors (Lipinski definition) is 2. The molecule has 1 N–H and O–H groups in total. The van der Waals surface area contributed by atoms with E-state index in [-0.39, 0.29) is 0 Å². The van der Waals surface area contributed by atoms with Crippen LogP contribution in [0.4, 0.5) is 0 Å². The molecule has 0 aliphatic carbocycles. The van der Waals surface area contributed by atoms with E-state index in [0.717, 1.165) is 23.0 Å². The molecule has 1 unspecified atom stereocenters. The molecule has 1 aromatic carbocycles. The van der Waals surface area contributed by atoms with Crippen LogP contribution < -0.4 is 5.32 Å². The van der Waals surface area contributed by atoms with Gasteiger partial charge in [-0.15, -0.1) is 0 Å². The van der Waals surface area contributed by atoms with Gasteiger partial charge in [0.05, 0.1) is 0 Å². The largest absolute Gasteiger partial charge is 0.310 e. The highest BCUT2D eigenvalue weighted by Crippen LogP contribution is 2.32. The number of thioether (sulfide) groups is 1. The second-order valence-electron chi connectivity index (χ2n) is 5.41. The molecule has 0 saturated carbocycles. The summed E-state index contributed by atoms with van der Waals surface area (Å²) in [6.07, 6.45) is 3.98. The number of rotatable bonds is 5. The van der Waals surface area contributed by atoms with Crippen LogP contribution in [0.2, 0.25) is 5.02 Å². The first-order valence-electron chi connectivity index (χ1n) is 7.28. The fraction of sp³-hybridized carbons (Fsp3) is 0.625. The third-order valence-electron chi connectivity index (χ3n) is 3.96. The molecule has 0 spiro atoms. The fourth-order valence-corrected chi connectivity index (χ4v) is 4.12. The molecule has 1 atom stereocenters. The minimum Gasteiger partial charge on any atom is -0.310 e. The van der Waals surface area contributed by atoms with E-state index in [0.29, 0.717) is 6.04 Å². The van der Waals surface area contributed by atoms with Gasteiger partial charge in [0.25, 0.3) is 0 Å². The summed E-state index contributed by atoms with van der Waals surface area (Å²) in [4.78, 5) is 0. The van der Waals surface area contributed by atoms with Crippen molar-refractivity contribution in [2.45, 2.75) is 39.2 Å². The van der Waals surface area contributed by atoms with Gasteiger partial charge < -0.3 is 5.32 Å². The molecular weight excluding hydrogens is 274 g/mol. The van der Waals surface area contributed by atoms with Crippen molar-refractivity contribution in [3.8, 4) is 0 Å². The maximum Gasteiger partial charge on any atom is 0.0438 e. The van der Waals surface area contributed by atoms with Crippen LogP contribution in [0.15, 0.2) is 18.2 Å². The third-order valence-corrected chi connectivity index (χ3v) is 5.41. The quantitative estimate of drug-likeness (QED) is 0.835. The average molecular weight is 298 g/mol. The lowest BCUT2D eigenvalue weighted by atomic mass is 9.90. The highest BCUT2D eigenvalue weighted by atomic mass is 35.5. The number of benzene rings is 1. The van der Waals surface area contributed by atoms with E-state index in [1.165, 1.54) is 36.3 Å². The van der Waals surface area contributed by atoms with Crippen molar-refractivity contribution in [1.29, 1.82) is 0 Å². The highest BCUT2D eigenvalue weighted by molar-refractivity contribution is 7.99. The van der Waals surface area contributed by atoms with Gasteiger partial charge in [-0.2, -0.15) is 11.8 Å². The number of hydrogen-bond donors (Lipinski definition) is 1. The molecule has 1 aliphatic rings. The minimum absolute atomic E-state index is 0.455. The van der Waals surface area contributed by atoms with Crippen molar-refractivity contribution < 1.29 is 0 Å². The summed E-state index contributed by atoms with van der Waals surface area (Å²) < 4.78 is 0. The van der Waals surface area contributed by atoms with Crippen molar-refractivity contribution in [2.24, 2.45) is 5.92 Å².